The molecule has 182 valence electrons. The highest BCUT2D eigenvalue weighted by Gasteiger charge is 2.68. The van der Waals surface area contributed by atoms with E-state index in [1.807, 2.05) is 0 Å². The van der Waals surface area contributed by atoms with Crippen LogP contribution in [-0.2, 0) is 14.4 Å². The number of halogens is 1. The van der Waals surface area contributed by atoms with E-state index in [2.05, 4.69) is 15.9 Å². The lowest BCUT2D eigenvalue weighted by molar-refractivity contribution is -0.169. The van der Waals surface area contributed by atoms with Gasteiger partial charge in [0.1, 0.15) is 17.1 Å². The van der Waals surface area contributed by atoms with Crippen LogP contribution >= 0.6 is 15.9 Å². The highest BCUT2D eigenvalue weighted by atomic mass is 79.9. The Morgan fingerprint density at radius 2 is 1.79 bits per heavy atom. The number of ketones is 2. The summed E-state index contributed by atoms with van der Waals surface area (Å²) in [6.45, 7) is 1.64. The summed E-state index contributed by atoms with van der Waals surface area (Å²) in [7, 11) is 2.89. The number of hydrogen-bond donors (Lipinski definition) is 7. The van der Waals surface area contributed by atoms with Crippen LogP contribution in [-0.4, -0.2) is 79.7 Å². The van der Waals surface area contributed by atoms with Crippen molar-refractivity contribution in [2.75, 3.05) is 19.8 Å². The summed E-state index contributed by atoms with van der Waals surface area (Å²) in [5, 5.41) is 55.6. The van der Waals surface area contributed by atoms with E-state index in [1.165, 1.54) is 25.1 Å². The number of nitrogen functional groups attached to an aromatic ring is 1. The standard InChI is InChI=1S/C22H24BrN3O8/c1-5-6-4-7(23)13(24)17(29)9(6)15(27)10-8(5)16(28)12-14(26(2)3)18(30)11(21(25)33)20(32)22(12,34)19(10)31/h4-5,8,12,14,16,27-29,32,34H,24H2,1-3H3,(H2,25,33)/t5-,8+,12+,14-,16-,22-/m1/s1. The minimum Gasteiger partial charge on any atom is -0.508 e. The number of phenolic OH excluding ortho intramolecular Hbond substituents is 1. The Bertz CT molecular complexity index is 1240. The largest absolute Gasteiger partial charge is 0.508 e. The van der Waals surface area contributed by atoms with Crippen molar-refractivity contribution in [3.63, 3.8) is 0 Å². The van der Waals surface area contributed by atoms with Gasteiger partial charge in [0.2, 0.25) is 5.78 Å². The summed E-state index contributed by atoms with van der Waals surface area (Å²) in [5.41, 5.74) is 6.86. The smallest absolute Gasteiger partial charge is 0.255 e. The van der Waals surface area contributed by atoms with E-state index >= 15 is 0 Å². The van der Waals surface area contributed by atoms with Gasteiger partial charge in [-0.2, -0.15) is 0 Å². The molecular weight excluding hydrogens is 514 g/mol. The Balaban J connectivity index is 2.08. The molecule has 0 heterocycles. The molecule has 9 N–H and O–H groups in total. The topological polar surface area (TPSA) is 208 Å². The Labute approximate surface area is 202 Å². The Hall–Kier alpha value is -2.93. The number of nitrogens with two attached hydrogens (primary N) is 2. The molecule has 0 bridgehead atoms. The molecule has 1 aromatic rings. The molecule has 0 aliphatic heterocycles. The summed E-state index contributed by atoms with van der Waals surface area (Å²) in [4.78, 5) is 40.2. The van der Waals surface area contributed by atoms with Gasteiger partial charge in [0.15, 0.2) is 17.1 Å². The minimum absolute atomic E-state index is 0.105. The quantitative estimate of drug-likeness (QED) is 0.150. The van der Waals surface area contributed by atoms with Gasteiger partial charge >= 0.3 is 0 Å². The molecule has 3 aliphatic rings. The first-order valence-electron chi connectivity index (χ1n) is 10.3. The first kappa shape index (κ1) is 24.2. The molecule has 4 rings (SSSR count). The van der Waals surface area contributed by atoms with Crippen LogP contribution in [0.25, 0.3) is 5.76 Å². The van der Waals surface area contributed by atoms with Crippen LogP contribution in [0.4, 0.5) is 5.69 Å². The molecule has 1 aromatic carbocycles. The van der Waals surface area contributed by atoms with Gasteiger partial charge in [0, 0.05) is 16.0 Å². The number of benzene rings is 1. The Kier molecular flexibility index (Phi) is 5.36. The van der Waals surface area contributed by atoms with E-state index in [-0.39, 0.29) is 11.3 Å². The molecule has 0 spiro atoms. The molecule has 0 saturated heterocycles. The highest BCUT2D eigenvalue weighted by molar-refractivity contribution is 9.10. The van der Waals surface area contributed by atoms with Crippen LogP contribution in [0.5, 0.6) is 5.75 Å². The first-order chi connectivity index (χ1) is 15.7. The number of carbonyl (C=O) groups excluding carboxylic acids is 3. The van der Waals surface area contributed by atoms with Crippen molar-refractivity contribution < 1.29 is 39.9 Å². The molecule has 12 heteroatoms. The zero-order valence-electron chi connectivity index (χ0n) is 18.4. The van der Waals surface area contributed by atoms with E-state index in [0.717, 1.165) is 0 Å². The lowest BCUT2D eigenvalue weighted by Gasteiger charge is -2.53. The van der Waals surface area contributed by atoms with Gasteiger partial charge in [-0.05, 0) is 47.6 Å². The predicted octanol–water partition coefficient (Wildman–Crippen LogP) is -0.159. The fourth-order valence-corrected chi connectivity index (χ4v) is 6.09. The fourth-order valence-electron chi connectivity index (χ4n) is 5.66. The Morgan fingerprint density at radius 3 is 2.32 bits per heavy atom. The van der Waals surface area contributed by atoms with Crippen LogP contribution in [0.2, 0.25) is 0 Å². The first-order valence-corrected chi connectivity index (χ1v) is 11.1. The number of amides is 1. The molecular formula is C22H24BrN3O8. The molecule has 0 aromatic heterocycles. The van der Waals surface area contributed by atoms with Gasteiger partial charge in [-0.15, -0.1) is 0 Å². The average Bonchev–Trinajstić information content (AvgIpc) is 2.74. The SMILES string of the molecule is C[C@@H]1c2cc(Br)c(N)c(O)c2C(O)=C2C(=O)[C@@]3(O)C(O)=C(C(N)=O)C(=O)[C@H](N(C)C)[C@H]3[C@H](O)[C@H]21. The molecule has 0 unspecified atom stereocenters. The number of fused-ring (bicyclic) bond motifs is 3. The number of carbonyl (C=O) groups is 3. The third kappa shape index (κ3) is 2.76. The van der Waals surface area contributed by atoms with E-state index in [0.29, 0.717) is 10.0 Å². The average molecular weight is 538 g/mol. The van der Waals surface area contributed by atoms with Crippen LogP contribution in [0, 0.1) is 11.8 Å². The highest BCUT2D eigenvalue weighted by Crippen LogP contribution is 2.57. The van der Waals surface area contributed by atoms with Gasteiger partial charge < -0.3 is 37.0 Å². The third-order valence-electron chi connectivity index (χ3n) is 7.24. The van der Waals surface area contributed by atoms with Crippen LogP contribution in [0.1, 0.15) is 24.0 Å². The number of aliphatic hydroxyl groups is 4. The number of nitrogens with zero attached hydrogens (tertiary/aromatic N) is 1. The van der Waals surface area contributed by atoms with E-state index in [1.54, 1.807) is 6.92 Å². The molecule has 6 atom stereocenters. The van der Waals surface area contributed by atoms with Crippen molar-refractivity contribution in [1.82, 2.24) is 4.90 Å². The van der Waals surface area contributed by atoms with E-state index in [4.69, 9.17) is 11.5 Å². The maximum atomic E-state index is 13.8. The second kappa shape index (κ2) is 7.54. The zero-order chi connectivity index (χ0) is 25.6. The Morgan fingerprint density at radius 1 is 1.21 bits per heavy atom. The summed E-state index contributed by atoms with van der Waals surface area (Å²) >= 11 is 3.23. The number of primary amides is 1. The van der Waals surface area contributed by atoms with Crippen molar-refractivity contribution in [3.8, 4) is 5.75 Å². The molecule has 11 nitrogen and oxygen atoms in total. The maximum Gasteiger partial charge on any atom is 0.255 e. The molecule has 3 aliphatic carbocycles. The van der Waals surface area contributed by atoms with Gasteiger partial charge in [-0.3, -0.25) is 19.3 Å². The number of aliphatic hydroxyl groups excluding tert-OH is 3. The fraction of sp³-hybridized carbons (Fsp3) is 0.409. The predicted molar refractivity (Wildman–Crippen MR) is 122 cm³/mol. The third-order valence-corrected chi connectivity index (χ3v) is 7.90. The molecule has 34 heavy (non-hydrogen) atoms. The van der Waals surface area contributed by atoms with Crippen molar-refractivity contribution >= 4 is 44.9 Å². The summed E-state index contributed by atoms with van der Waals surface area (Å²) in [5.74, 6) is -9.50. The second-order valence-corrected chi connectivity index (χ2v) is 9.99. The monoisotopic (exact) mass is 537 g/mol. The minimum atomic E-state index is -2.94. The van der Waals surface area contributed by atoms with Gasteiger partial charge in [-0.1, -0.05) is 6.92 Å². The summed E-state index contributed by atoms with van der Waals surface area (Å²) < 4.78 is 0.325. The molecule has 1 saturated carbocycles. The summed E-state index contributed by atoms with van der Waals surface area (Å²) in [6, 6.07) is 0.143. The molecule has 0 radical (unpaired) electrons. The number of aromatic hydroxyl groups is 1. The lowest BCUT2D eigenvalue weighted by atomic mass is 9.54. The van der Waals surface area contributed by atoms with E-state index in [9.17, 15) is 39.9 Å². The second-order valence-electron chi connectivity index (χ2n) is 9.13. The van der Waals surface area contributed by atoms with Gasteiger partial charge in [0.25, 0.3) is 5.91 Å². The summed E-state index contributed by atoms with van der Waals surface area (Å²) in [6.07, 6.45) is -1.64. The van der Waals surface area contributed by atoms with Crippen LogP contribution in [0.3, 0.4) is 0 Å². The zero-order valence-corrected chi connectivity index (χ0v) is 20.0. The number of rotatable bonds is 2. The molecule has 1 fully saturated rings. The number of phenols is 1. The van der Waals surface area contributed by atoms with Crippen LogP contribution in [0.15, 0.2) is 27.4 Å². The molecule has 1 amide bonds. The van der Waals surface area contributed by atoms with Crippen molar-refractivity contribution in [3.05, 3.63) is 38.6 Å². The van der Waals surface area contributed by atoms with Crippen LogP contribution < -0.4 is 11.5 Å². The normalized spacial score (nSPS) is 33.1. The number of anilines is 1. The van der Waals surface area contributed by atoms with Crippen molar-refractivity contribution in [2.45, 2.75) is 30.6 Å². The van der Waals surface area contributed by atoms with Gasteiger partial charge in [-0.25, -0.2) is 0 Å². The van der Waals surface area contributed by atoms with Gasteiger partial charge in [0.05, 0.1) is 29.3 Å². The van der Waals surface area contributed by atoms with Crippen molar-refractivity contribution in [2.24, 2.45) is 17.6 Å². The lowest BCUT2D eigenvalue weighted by Crippen LogP contribution is -2.70. The number of likely N-dealkylation sites (N-methyl/N-ethyl adjacent to an activating group) is 1. The van der Waals surface area contributed by atoms with Crippen molar-refractivity contribution in [1.29, 1.82) is 0 Å². The number of hydrogen-bond acceptors (Lipinski definition) is 10. The maximum absolute atomic E-state index is 13.8. The number of Topliss-reactive ketones (excluding diaryl/α,β-unsaturated/α-hetero) is 2. The van der Waals surface area contributed by atoms with E-state index < -0.39 is 81.4 Å².